The first-order chi connectivity index (χ1) is 11.8. The Bertz CT molecular complexity index is 956. The Balaban J connectivity index is 2.09. The molecule has 0 aliphatic heterocycles. The lowest BCUT2D eigenvalue weighted by molar-refractivity contribution is 0.140. The minimum atomic E-state index is -0.0295. The van der Waals surface area contributed by atoms with Crippen LogP contribution in [-0.4, -0.2) is 28.5 Å². The van der Waals surface area contributed by atoms with Crippen LogP contribution in [0.1, 0.15) is 13.3 Å². The van der Waals surface area contributed by atoms with Gasteiger partial charge in [-0.15, -0.1) is 11.3 Å². The van der Waals surface area contributed by atoms with E-state index < -0.39 is 0 Å². The summed E-state index contributed by atoms with van der Waals surface area (Å²) in [4.78, 5) is 17.6. The molecular formula is C17H17N3O2S2. The minimum absolute atomic E-state index is 0.0295. The molecule has 0 atom stereocenters. The van der Waals surface area contributed by atoms with Crippen LogP contribution in [-0.2, 0) is 11.3 Å². The average Bonchev–Trinajstić information content (AvgIpc) is 2.97. The second-order valence-corrected chi connectivity index (χ2v) is 7.12. The van der Waals surface area contributed by atoms with Crippen LogP contribution < -0.4 is 5.56 Å². The van der Waals surface area contributed by atoms with Gasteiger partial charge in [0.15, 0.2) is 5.16 Å². The topological polar surface area (TPSA) is 67.9 Å². The van der Waals surface area contributed by atoms with Crippen molar-refractivity contribution in [2.24, 2.45) is 0 Å². The molecule has 0 aliphatic rings. The fraction of sp³-hybridized carbons (Fsp3) is 0.353. The van der Waals surface area contributed by atoms with Crippen molar-refractivity contribution in [2.75, 3.05) is 19.0 Å². The van der Waals surface area contributed by atoms with Crippen molar-refractivity contribution in [3.8, 4) is 6.07 Å². The first kappa shape index (κ1) is 17.0. The molecule has 3 rings (SSSR count). The van der Waals surface area contributed by atoms with Crippen LogP contribution in [0.2, 0.25) is 0 Å². The molecule has 1 aromatic carbocycles. The summed E-state index contributed by atoms with van der Waals surface area (Å²) in [5, 5.41) is 10.5. The van der Waals surface area contributed by atoms with E-state index in [0.717, 1.165) is 22.0 Å². The van der Waals surface area contributed by atoms with Gasteiger partial charge in [-0.1, -0.05) is 30.0 Å². The monoisotopic (exact) mass is 359 g/mol. The van der Waals surface area contributed by atoms with Crippen molar-refractivity contribution in [2.45, 2.75) is 25.0 Å². The van der Waals surface area contributed by atoms with Crippen molar-refractivity contribution in [1.29, 1.82) is 5.26 Å². The zero-order valence-corrected chi connectivity index (χ0v) is 15.0. The first-order valence-electron chi connectivity index (χ1n) is 7.75. The maximum atomic E-state index is 12.9. The summed E-state index contributed by atoms with van der Waals surface area (Å²) >= 11 is 2.78. The third-order valence-electron chi connectivity index (χ3n) is 3.59. The molecule has 7 heteroatoms. The Hall–Kier alpha value is -1.88. The van der Waals surface area contributed by atoms with E-state index >= 15 is 0 Å². The van der Waals surface area contributed by atoms with E-state index in [1.54, 1.807) is 4.57 Å². The highest BCUT2D eigenvalue weighted by Crippen LogP contribution is 2.31. The number of thioether (sulfide) groups is 1. The predicted molar refractivity (Wildman–Crippen MR) is 98.8 cm³/mol. The Morgan fingerprint density at radius 1 is 1.42 bits per heavy atom. The van der Waals surface area contributed by atoms with Crippen LogP contribution in [0.15, 0.2) is 34.2 Å². The Labute approximate surface area is 147 Å². The molecule has 2 heterocycles. The highest BCUT2D eigenvalue weighted by atomic mass is 32.2. The lowest BCUT2D eigenvalue weighted by atomic mass is 10.2. The zero-order valence-electron chi connectivity index (χ0n) is 13.3. The molecule has 24 heavy (non-hydrogen) atoms. The fourth-order valence-electron chi connectivity index (χ4n) is 2.53. The minimum Gasteiger partial charge on any atom is -0.382 e. The number of nitrogens with zero attached hydrogens (tertiary/aromatic N) is 3. The highest BCUT2D eigenvalue weighted by Gasteiger charge is 2.16. The maximum Gasteiger partial charge on any atom is 0.272 e. The normalized spacial score (nSPS) is 11.2. The van der Waals surface area contributed by atoms with Crippen LogP contribution >= 0.6 is 23.1 Å². The van der Waals surface area contributed by atoms with E-state index in [-0.39, 0.29) is 11.3 Å². The number of thiophene rings is 1. The SMILES string of the molecule is CCOCCCn1c(SCC#N)nc2c(sc3ccccc32)c1=O. The van der Waals surface area contributed by atoms with Gasteiger partial charge < -0.3 is 4.74 Å². The number of fused-ring (bicyclic) bond motifs is 3. The third-order valence-corrected chi connectivity index (χ3v) is 5.58. The quantitative estimate of drug-likeness (QED) is 0.366. The van der Waals surface area contributed by atoms with Gasteiger partial charge in [0.05, 0.1) is 17.3 Å². The van der Waals surface area contributed by atoms with Gasteiger partial charge in [0.2, 0.25) is 0 Å². The van der Waals surface area contributed by atoms with E-state index in [1.165, 1.54) is 23.1 Å². The number of nitriles is 1. The summed E-state index contributed by atoms with van der Waals surface area (Å²) in [6.07, 6.45) is 0.742. The smallest absolute Gasteiger partial charge is 0.272 e. The van der Waals surface area contributed by atoms with Gasteiger partial charge in [0.25, 0.3) is 5.56 Å². The predicted octanol–water partition coefficient (Wildman–Crippen LogP) is 3.65. The van der Waals surface area contributed by atoms with Crippen LogP contribution in [0, 0.1) is 11.3 Å². The Kier molecular flexibility index (Phi) is 5.51. The first-order valence-corrected chi connectivity index (χ1v) is 9.56. The Morgan fingerprint density at radius 3 is 3.04 bits per heavy atom. The molecule has 0 bridgehead atoms. The molecule has 3 aromatic rings. The van der Waals surface area contributed by atoms with E-state index in [9.17, 15) is 4.79 Å². The molecule has 0 fully saturated rings. The maximum absolute atomic E-state index is 12.9. The van der Waals surface area contributed by atoms with Gasteiger partial charge in [0, 0.05) is 29.8 Å². The van der Waals surface area contributed by atoms with E-state index in [2.05, 4.69) is 6.07 Å². The summed E-state index contributed by atoms with van der Waals surface area (Å²) in [5.74, 6) is 0.269. The highest BCUT2D eigenvalue weighted by molar-refractivity contribution is 7.99. The largest absolute Gasteiger partial charge is 0.382 e. The van der Waals surface area contributed by atoms with Gasteiger partial charge in [-0.25, -0.2) is 4.98 Å². The summed E-state index contributed by atoms with van der Waals surface area (Å²) < 4.78 is 8.77. The lowest BCUT2D eigenvalue weighted by Gasteiger charge is -2.11. The van der Waals surface area contributed by atoms with Crippen molar-refractivity contribution in [3.05, 3.63) is 34.6 Å². The fourth-order valence-corrected chi connectivity index (χ4v) is 4.30. The third kappa shape index (κ3) is 3.31. The molecule has 0 radical (unpaired) electrons. The van der Waals surface area contributed by atoms with Crippen molar-refractivity contribution >= 4 is 43.4 Å². The molecule has 0 saturated heterocycles. The van der Waals surface area contributed by atoms with Crippen molar-refractivity contribution in [1.82, 2.24) is 9.55 Å². The van der Waals surface area contributed by atoms with E-state index in [4.69, 9.17) is 15.0 Å². The molecule has 5 nitrogen and oxygen atoms in total. The van der Waals surface area contributed by atoms with E-state index in [0.29, 0.717) is 29.6 Å². The van der Waals surface area contributed by atoms with Crippen molar-refractivity contribution in [3.63, 3.8) is 0 Å². The average molecular weight is 359 g/mol. The van der Waals surface area contributed by atoms with Crippen LogP contribution in [0.3, 0.4) is 0 Å². The molecule has 0 spiro atoms. The molecular weight excluding hydrogens is 342 g/mol. The standard InChI is InChI=1S/C17H17N3O2S2/c1-2-22-10-5-9-20-16(21)15-14(19-17(20)23-11-8-18)12-6-3-4-7-13(12)24-15/h3-4,6-7H,2,5,9-11H2,1H3. The van der Waals surface area contributed by atoms with Gasteiger partial charge >= 0.3 is 0 Å². The summed E-state index contributed by atoms with van der Waals surface area (Å²) in [7, 11) is 0. The number of hydrogen-bond acceptors (Lipinski definition) is 6. The summed E-state index contributed by atoms with van der Waals surface area (Å²) in [6, 6.07) is 10.0. The van der Waals surface area contributed by atoms with Gasteiger partial charge in [-0.05, 0) is 19.4 Å². The molecule has 124 valence electrons. The summed E-state index contributed by atoms with van der Waals surface area (Å²) in [6.45, 7) is 3.77. The number of ether oxygens (including phenoxy) is 1. The Morgan fingerprint density at radius 2 is 2.25 bits per heavy atom. The number of hydrogen-bond donors (Lipinski definition) is 0. The second kappa shape index (κ2) is 7.79. The molecule has 2 aromatic heterocycles. The van der Waals surface area contributed by atoms with Gasteiger partial charge in [0.1, 0.15) is 4.70 Å². The zero-order chi connectivity index (χ0) is 16.9. The van der Waals surface area contributed by atoms with Crippen LogP contribution in [0.4, 0.5) is 0 Å². The van der Waals surface area contributed by atoms with Gasteiger partial charge in [-0.2, -0.15) is 5.26 Å². The van der Waals surface area contributed by atoms with Gasteiger partial charge in [-0.3, -0.25) is 9.36 Å². The van der Waals surface area contributed by atoms with E-state index in [1.807, 2.05) is 31.2 Å². The molecule has 0 unspecified atom stereocenters. The molecule has 0 N–H and O–H groups in total. The molecule has 0 amide bonds. The van der Waals surface area contributed by atoms with Crippen molar-refractivity contribution < 1.29 is 4.74 Å². The summed E-state index contributed by atoms with van der Waals surface area (Å²) in [5.41, 5.74) is 0.709. The van der Waals surface area contributed by atoms with Crippen LogP contribution in [0.5, 0.6) is 0 Å². The molecule has 0 aliphatic carbocycles. The molecule has 0 saturated carbocycles. The van der Waals surface area contributed by atoms with Crippen LogP contribution in [0.25, 0.3) is 20.3 Å². The number of rotatable bonds is 7. The lowest BCUT2D eigenvalue weighted by Crippen LogP contribution is -2.23. The number of benzene rings is 1. The number of aromatic nitrogens is 2. The second-order valence-electron chi connectivity index (χ2n) is 5.12.